The first kappa shape index (κ1) is 14.6. The average molecular weight is 303 g/mol. The smallest absolute Gasteiger partial charge is 0.325 e. The summed E-state index contributed by atoms with van der Waals surface area (Å²) >= 11 is 12.0. The minimum absolute atomic E-state index is 0.400. The minimum Gasteiger partial charge on any atom is -0.480 e. The summed E-state index contributed by atoms with van der Waals surface area (Å²) in [5, 5.41) is 13.7. The van der Waals surface area contributed by atoms with Gasteiger partial charge in [-0.1, -0.05) is 29.3 Å². The Morgan fingerprint density at radius 3 is 2.79 bits per heavy atom. The van der Waals surface area contributed by atoms with Crippen LogP contribution in [-0.4, -0.2) is 42.2 Å². The topological polar surface area (TPSA) is 52.6 Å². The van der Waals surface area contributed by atoms with Crippen LogP contribution in [0.5, 0.6) is 0 Å². The number of hydrogen-bond acceptors (Lipinski definition) is 3. The van der Waals surface area contributed by atoms with E-state index in [1.807, 2.05) is 4.90 Å². The van der Waals surface area contributed by atoms with Crippen LogP contribution in [0.4, 0.5) is 0 Å². The molecule has 19 heavy (non-hydrogen) atoms. The summed E-state index contributed by atoms with van der Waals surface area (Å²) in [6.45, 7) is 3.13. The summed E-state index contributed by atoms with van der Waals surface area (Å²) in [6.07, 6.45) is 0.926. The number of benzene rings is 1. The van der Waals surface area contributed by atoms with Crippen LogP contribution in [0.3, 0.4) is 0 Å². The molecule has 0 aliphatic carbocycles. The lowest BCUT2D eigenvalue weighted by molar-refractivity contribution is -0.143. The third-order valence-corrected chi connectivity index (χ3v) is 3.79. The largest absolute Gasteiger partial charge is 0.480 e. The second kappa shape index (κ2) is 6.57. The van der Waals surface area contributed by atoms with E-state index < -0.39 is 12.0 Å². The van der Waals surface area contributed by atoms with Gasteiger partial charge >= 0.3 is 5.97 Å². The molecule has 0 amide bonds. The predicted octanol–water partition coefficient (Wildman–Crippen LogP) is 2.41. The second-order valence-corrected chi connectivity index (χ2v) is 5.39. The Kier molecular flexibility index (Phi) is 5.05. The Balaban J connectivity index is 2.30. The molecular weight excluding hydrogens is 287 g/mol. The van der Waals surface area contributed by atoms with Gasteiger partial charge in [0, 0.05) is 29.7 Å². The average Bonchev–Trinajstić information content (AvgIpc) is 2.61. The van der Waals surface area contributed by atoms with E-state index in [4.69, 9.17) is 23.2 Å². The van der Waals surface area contributed by atoms with Gasteiger partial charge in [-0.25, -0.2) is 0 Å². The van der Waals surface area contributed by atoms with Crippen LogP contribution in [0.15, 0.2) is 18.2 Å². The van der Waals surface area contributed by atoms with Gasteiger partial charge < -0.3 is 10.4 Å². The van der Waals surface area contributed by atoms with E-state index in [9.17, 15) is 9.90 Å². The molecule has 2 N–H and O–H groups in total. The molecule has 1 unspecified atom stereocenters. The van der Waals surface area contributed by atoms with E-state index in [-0.39, 0.29) is 0 Å². The highest BCUT2D eigenvalue weighted by Gasteiger charge is 2.29. The van der Waals surface area contributed by atoms with E-state index >= 15 is 0 Å². The van der Waals surface area contributed by atoms with Crippen molar-refractivity contribution in [3.05, 3.63) is 33.8 Å². The molecule has 0 spiro atoms. The zero-order valence-electron chi connectivity index (χ0n) is 10.4. The zero-order chi connectivity index (χ0) is 13.8. The Hall–Kier alpha value is -0.810. The molecule has 104 valence electrons. The van der Waals surface area contributed by atoms with Gasteiger partial charge in [0.05, 0.1) is 0 Å². The molecule has 6 heteroatoms. The van der Waals surface area contributed by atoms with E-state index in [2.05, 4.69) is 5.32 Å². The number of carbonyl (C=O) groups is 1. The number of nitrogens with one attached hydrogen (secondary N) is 1. The van der Waals surface area contributed by atoms with Crippen LogP contribution in [0.1, 0.15) is 18.0 Å². The number of nitrogens with zero attached hydrogens (tertiary/aromatic N) is 1. The molecule has 1 aliphatic heterocycles. The van der Waals surface area contributed by atoms with Gasteiger partial charge in [0.25, 0.3) is 0 Å². The molecule has 1 aliphatic rings. The van der Waals surface area contributed by atoms with E-state index in [1.54, 1.807) is 18.2 Å². The van der Waals surface area contributed by atoms with Crippen LogP contribution < -0.4 is 5.32 Å². The summed E-state index contributed by atoms with van der Waals surface area (Å²) in [6, 6.07) is 4.24. The molecule has 0 aromatic heterocycles. The molecule has 1 saturated heterocycles. The van der Waals surface area contributed by atoms with Gasteiger partial charge in [-0.15, -0.1) is 0 Å². The quantitative estimate of drug-likeness (QED) is 0.900. The maximum Gasteiger partial charge on any atom is 0.325 e. The van der Waals surface area contributed by atoms with E-state index in [1.165, 1.54) is 0 Å². The van der Waals surface area contributed by atoms with Crippen molar-refractivity contribution in [2.24, 2.45) is 0 Å². The molecule has 1 atom stereocenters. The van der Waals surface area contributed by atoms with Gasteiger partial charge in [0.2, 0.25) is 0 Å². The van der Waals surface area contributed by atoms with Crippen LogP contribution in [0.2, 0.25) is 10.0 Å². The fourth-order valence-corrected chi connectivity index (χ4v) is 2.85. The van der Waals surface area contributed by atoms with Gasteiger partial charge in [0.15, 0.2) is 0 Å². The predicted molar refractivity (Wildman–Crippen MR) is 75.9 cm³/mol. The summed E-state index contributed by atoms with van der Waals surface area (Å²) in [5.41, 5.74) is 0.598. The molecular formula is C13H16Cl2N2O2. The highest BCUT2D eigenvalue weighted by molar-refractivity contribution is 6.35. The Morgan fingerprint density at radius 1 is 1.32 bits per heavy atom. The standard InChI is InChI=1S/C13H16Cl2N2O2/c14-9-2-3-10(11(15)8-9)12(13(18)19)17-6-1-4-16-5-7-17/h2-3,8,12,16H,1,4-7H2,(H,18,19). The monoisotopic (exact) mass is 302 g/mol. The number of hydrogen-bond donors (Lipinski definition) is 2. The number of carboxylic acids is 1. The summed E-state index contributed by atoms with van der Waals surface area (Å²) in [7, 11) is 0. The molecule has 1 heterocycles. The highest BCUT2D eigenvalue weighted by Crippen LogP contribution is 2.30. The second-order valence-electron chi connectivity index (χ2n) is 4.55. The number of carboxylic acid groups (broad SMARTS) is 1. The van der Waals surface area contributed by atoms with Gasteiger partial charge in [0.1, 0.15) is 6.04 Å². The molecule has 4 nitrogen and oxygen atoms in total. The molecule has 1 aromatic rings. The third-order valence-electron chi connectivity index (χ3n) is 3.23. The Labute approximate surface area is 122 Å². The Bertz CT molecular complexity index is 460. The molecule has 0 bridgehead atoms. The van der Waals surface area contributed by atoms with Gasteiger partial charge in [-0.3, -0.25) is 9.69 Å². The molecule has 1 fully saturated rings. The van der Waals surface area contributed by atoms with Crippen LogP contribution in [0, 0.1) is 0 Å². The summed E-state index contributed by atoms with van der Waals surface area (Å²) in [5.74, 6) is -0.883. The molecule has 0 radical (unpaired) electrons. The molecule has 0 saturated carbocycles. The third kappa shape index (κ3) is 3.60. The Morgan fingerprint density at radius 2 is 2.11 bits per heavy atom. The fourth-order valence-electron chi connectivity index (χ4n) is 2.33. The minimum atomic E-state index is -0.883. The van der Waals surface area contributed by atoms with Gasteiger partial charge in [-0.2, -0.15) is 0 Å². The first-order valence-electron chi connectivity index (χ1n) is 6.22. The number of aliphatic carboxylic acids is 1. The van der Waals surface area contributed by atoms with Crippen molar-refractivity contribution in [2.75, 3.05) is 26.2 Å². The number of rotatable bonds is 3. The van der Waals surface area contributed by atoms with Crippen molar-refractivity contribution in [1.29, 1.82) is 0 Å². The maximum absolute atomic E-state index is 11.6. The molecule has 1 aromatic carbocycles. The maximum atomic E-state index is 11.6. The molecule has 2 rings (SSSR count). The SMILES string of the molecule is O=C(O)C(c1ccc(Cl)cc1Cl)N1CCCNCC1. The van der Waals surface area contributed by atoms with E-state index in [0.717, 1.165) is 26.1 Å². The van der Waals surface area contributed by atoms with Crippen LogP contribution in [0.25, 0.3) is 0 Å². The van der Waals surface area contributed by atoms with Crippen LogP contribution >= 0.6 is 23.2 Å². The number of halogens is 2. The highest BCUT2D eigenvalue weighted by atomic mass is 35.5. The van der Waals surface area contributed by atoms with Crippen molar-refractivity contribution in [2.45, 2.75) is 12.5 Å². The zero-order valence-corrected chi connectivity index (χ0v) is 11.9. The van der Waals surface area contributed by atoms with E-state index in [0.29, 0.717) is 22.2 Å². The van der Waals surface area contributed by atoms with Crippen molar-refractivity contribution in [3.63, 3.8) is 0 Å². The summed E-state index contributed by atoms with van der Waals surface area (Å²) < 4.78 is 0. The van der Waals surface area contributed by atoms with Gasteiger partial charge in [-0.05, 0) is 30.7 Å². The summed E-state index contributed by atoms with van der Waals surface area (Å²) in [4.78, 5) is 13.5. The first-order chi connectivity index (χ1) is 9.09. The van der Waals surface area contributed by atoms with Crippen molar-refractivity contribution in [1.82, 2.24) is 10.2 Å². The van der Waals surface area contributed by atoms with Crippen molar-refractivity contribution >= 4 is 29.2 Å². The first-order valence-corrected chi connectivity index (χ1v) is 6.97. The van der Waals surface area contributed by atoms with Crippen molar-refractivity contribution < 1.29 is 9.90 Å². The normalized spacial score (nSPS) is 18.8. The lowest BCUT2D eigenvalue weighted by atomic mass is 10.0. The lowest BCUT2D eigenvalue weighted by Gasteiger charge is -2.28. The lowest BCUT2D eigenvalue weighted by Crippen LogP contribution is -2.36. The fraction of sp³-hybridized carbons (Fsp3) is 0.462. The van der Waals surface area contributed by atoms with Crippen LogP contribution in [-0.2, 0) is 4.79 Å². The van der Waals surface area contributed by atoms with Crippen molar-refractivity contribution in [3.8, 4) is 0 Å².